The number of hydrogen-bond acceptors (Lipinski definition) is 4. The molecule has 134 valence electrons. The molecule has 1 rings (SSSR count). The van der Waals surface area contributed by atoms with E-state index in [0.717, 1.165) is 51.6 Å². The van der Waals surface area contributed by atoms with Gasteiger partial charge in [-0.05, 0) is 56.8 Å². The predicted octanol–water partition coefficient (Wildman–Crippen LogP) is 2.15. The topological polar surface area (TPSA) is 91.3 Å². The van der Waals surface area contributed by atoms with Gasteiger partial charge in [0.1, 0.15) is 0 Å². The van der Waals surface area contributed by atoms with Crippen molar-refractivity contribution in [2.45, 2.75) is 51.4 Å². The lowest BCUT2D eigenvalue weighted by molar-refractivity contribution is -0.136. The van der Waals surface area contributed by atoms with Crippen LogP contribution in [0.15, 0.2) is 24.5 Å². The number of carboxylic acids is 1. The molecule has 0 saturated heterocycles. The first-order valence-corrected chi connectivity index (χ1v) is 8.76. The summed E-state index contributed by atoms with van der Waals surface area (Å²) in [5, 5.41) is 14.5. The summed E-state index contributed by atoms with van der Waals surface area (Å²) in [5.41, 5.74) is 1.29. The Morgan fingerprint density at radius 3 is 2.50 bits per heavy atom. The van der Waals surface area contributed by atoms with E-state index >= 15 is 0 Å². The first-order valence-electron chi connectivity index (χ1n) is 8.76. The number of amides is 1. The van der Waals surface area contributed by atoms with Crippen molar-refractivity contribution in [3.05, 3.63) is 30.1 Å². The average Bonchev–Trinajstić information content (AvgIpc) is 2.57. The molecule has 0 aromatic carbocycles. The van der Waals surface area contributed by atoms with Gasteiger partial charge in [0.15, 0.2) is 0 Å². The fourth-order valence-electron chi connectivity index (χ4n) is 2.36. The summed E-state index contributed by atoms with van der Waals surface area (Å²) in [6.45, 7) is 2.22. The normalized spacial score (nSPS) is 10.5. The third-order valence-corrected chi connectivity index (χ3v) is 3.71. The van der Waals surface area contributed by atoms with Crippen molar-refractivity contribution in [1.82, 2.24) is 15.6 Å². The molecule has 0 aliphatic carbocycles. The average molecular weight is 335 g/mol. The first-order chi connectivity index (χ1) is 11.7. The van der Waals surface area contributed by atoms with E-state index in [1.165, 1.54) is 5.56 Å². The molecule has 1 aromatic heterocycles. The monoisotopic (exact) mass is 335 g/mol. The molecule has 0 fully saturated rings. The second-order valence-corrected chi connectivity index (χ2v) is 5.87. The van der Waals surface area contributed by atoms with Crippen molar-refractivity contribution in [3.63, 3.8) is 0 Å². The van der Waals surface area contributed by atoms with Crippen LogP contribution in [0, 0.1) is 0 Å². The van der Waals surface area contributed by atoms with Crippen molar-refractivity contribution in [2.75, 3.05) is 19.6 Å². The Bertz CT molecular complexity index is 466. The van der Waals surface area contributed by atoms with Crippen LogP contribution in [0.3, 0.4) is 0 Å². The highest BCUT2D eigenvalue weighted by Gasteiger charge is 2.02. The highest BCUT2D eigenvalue weighted by atomic mass is 16.4. The van der Waals surface area contributed by atoms with Crippen LogP contribution in [0.2, 0.25) is 0 Å². The summed E-state index contributed by atoms with van der Waals surface area (Å²) in [6, 6.07) is 4.08. The number of nitrogens with zero attached hydrogens (tertiary/aromatic N) is 1. The molecular weight excluding hydrogens is 306 g/mol. The SMILES string of the molecule is O=C(O)CCNC(=O)CCCCCNCCCCc1cccnc1. The minimum Gasteiger partial charge on any atom is -0.481 e. The predicted molar refractivity (Wildman–Crippen MR) is 93.8 cm³/mol. The van der Waals surface area contributed by atoms with Crippen LogP contribution >= 0.6 is 0 Å². The molecule has 6 heteroatoms. The van der Waals surface area contributed by atoms with Gasteiger partial charge in [0.05, 0.1) is 6.42 Å². The Hall–Kier alpha value is -1.95. The Morgan fingerprint density at radius 2 is 1.79 bits per heavy atom. The van der Waals surface area contributed by atoms with E-state index in [4.69, 9.17) is 5.11 Å². The zero-order valence-electron chi connectivity index (χ0n) is 14.3. The van der Waals surface area contributed by atoms with Gasteiger partial charge in [-0.25, -0.2) is 0 Å². The van der Waals surface area contributed by atoms with Crippen LogP contribution in [-0.2, 0) is 16.0 Å². The molecule has 0 spiro atoms. The summed E-state index contributed by atoms with van der Waals surface area (Å²) in [5.74, 6) is -0.943. The van der Waals surface area contributed by atoms with Crippen molar-refractivity contribution in [1.29, 1.82) is 0 Å². The molecule has 0 radical (unpaired) electrons. The van der Waals surface area contributed by atoms with Gasteiger partial charge in [0, 0.05) is 25.4 Å². The maximum Gasteiger partial charge on any atom is 0.305 e. The number of hydrogen-bond donors (Lipinski definition) is 3. The zero-order chi connectivity index (χ0) is 17.5. The third kappa shape index (κ3) is 11.6. The molecule has 0 atom stereocenters. The summed E-state index contributed by atoms with van der Waals surface area (Å²) in [7, 11) is 0. The van der Waals surface area contributed by atoms with Gasteiger partial charge in [0.2, 0.25) is 5.91 Å². The second-order valence-electron chi connectivity index (χ2n) is 5.87. The maximum atomic E-state index is 11.4. The molecule has 0 aliphatic rings. The highest BCUT2D eigenvalue weighted by molar-refractivity contribution is 5.76. The van der Waals surface area contributed by atoms with Crippen LogP contribution in [0.1, 0.15) is 50.5 Å². The lowest BCUT2D eigenvalue weighted by Gasteiger charge is -2.06. The van der Waals surface area contributed by atoms with E-state index in [2.05, 4.69) is 21.7 Å². The number of unbranched alkanes of at least 4 members (excludes halogenated alkanes) is 3. The second kappa shape index (κ2) is 13.5. The number of pyridine rings is 1. The standard InChI is InChI=1S/C18H29N3O3/c22-17(21-14-10-18(23)24)9-2-1-4-11-19-12-5-3-7-16-8-6-13-20-15-16/h6,8,13,15,19H,1-5,7,9-12,14H2,(H,21,22)(H,23,24). The minimum absolute atomic E-state index is 0.0174. The first kappa shape index (κ1) is 20.1. The van der Waals surface area contributed by atoms with E-state index in [9.17, 15) is 9.59 Å². The van der Waals surface area contributed by atoms with Gasteiger partial charge in [-0.2, -0.15) is 0 Å². The van der Waals surface area contributed by atoms with Gasteiger partial charge in [-0.1, -0.05) is 12.5 Å². The lowest BCUT2D eigenvalue weighted by Crippen LogP contribution is -2.25. The molecule has 1 aromatic rings. The fraction of sp³-hybridized carbons (Fsp3) is 0.611. The number of carbonyl (C=O) groups is 2. The van der Waals surface area contributed by atoms with Crippen molar-refractivity contribution in [3.8, 4) is 0 Å². The number of nitrogens with one attached hydrogen (secondary N) is 2. The minimum atomic E-state index is -0.887. The van der Waals surface area contributed by atoms with Gasteiger partial charge < -0.3 is 15.7 Å². The fourth-order valence-corrected chi connectivity index (χ4v) is 2.36. The molecule has 0 saturated carbocycles. The molecule has 6 nitrogen and oxygen atoms in total. The van der Waals surface area contributed by atoms with Crippen molar-refractivity contribution >= 4 is 11.9 Å². The number of carboxylic acid groups (broad SMARTS) is 1. The van der Waals surface area contributed by atoms with Crippen LogP contribution in [-0.4, -0.2) is 41.6 Å². The molecule has 0 unspecified atom stereocenters. The Balaban J connectivity index is 1.82. The van der Waals surface area contributed by atoms with Crippen LogP contribution in [0.4, 0.5) is 0 Å². The van der Waals surface area contributed by atoms with E-state index in [1.807, 2.05) is 12.3 Å². The van der Waals surface area contributed by atoms with Crippen LogP contribution < -0.4 is 10.6 Å². The largest absolute Gasteiger partial charge is 0.481 e. The number of aliphatic carboxylic acids is 1. The van der Waals surface area contributed by atoms with Crippen LogP contribution in [0.25, 0.3) is 0 Å². The maximum absolute atomic E-state index is 11.4. The summed E-state index contributed by atoms with van der Waals surface area (Å²) in [6.07, 6.45) is 10.5. The van der Waals surface area contributed by atoms with E-state index in [0.29, 0.717) is 6.42 Å². The van der Waals surface area contributed by atoms with E-state index in [1.54, 1.807) is 6.20 Å². The van der Waals surface area contributed by atoms with E-state index in [-0.39, 0.29) is 18.9 Å². The van der Waals surface area contributed by atoms with Gasteiger partial charge in [-0.3, -0.25) is 14.6 Å². The molecule has 24 heavy (non-hydrogen) atoms. The number of aryl methyl sites for hydroxylation is 1. The van der Waals surface area contributed by atoms with Gasteiger partial charge >= 0.3 is 5.97 Å². The van der Waals surface area contributed by atoms with Crippen molar-refractivity contribution in [2.24, 2.45) is 0 Å². The highest BCUT2D eigenvalue weighted by Crippen LogP contribution is 2.02. The molecule has 0 bridgehead atoms. The van der Waals surface area contributed by atoms with Gasteiger partial charge in [0.25, 0.3) is 0 Å². The Labute approximate surface area is 144 Å². The molecule has 3 N–H and O–H groups in total. The smallest absolute Gasteiger partial charge is 0.305 e. The Morgan fingerprint density at radius 1 is 1.00 bits per heavy atom. The third-order valence-electron chi connectivity index (χ3n) is 3.71. The lowest BCUT2D eigenvalue weighted by atomic mass is 10.1. The number of carbonyl (C=O) groups excluding carboxylic acids is 1. The number of rotatable bonds is 14. The summed E-state index contributed by atoms with van der Waals surface area (Å²) < 4.78 is 0. The summed E-state index contributed by atoms with van der Waals surface area (Å²) >= 11 is 0. The zero-order valence-corrected chi connectivity index (χ0v) is 14.3. The molecule has 1 amide bonds. The number of aromatic nitrogens is 1. The Kier molecular flexibility index (Phi) is 11.3. The van der Waals surface area contributed by atoms with E-state index < -0.39 is 5.97 Å². The molecule has 1 heterocycles. The quantitative estimate of drug-likeness (QED) is 0.453. The van der Waals surface area contributed by atoms with Gasteiger partial charge in [-0.15, -0.1) is 0 Å². The summed E-state index contributed by atoms with van der Waals surface area (Å²) in [4.78, 5) is 25.9. The molecular formula is C18H29N3O3. The van der Waals surface area contributed by atoms with Crippen molar-refractivity contribution < 1.29 is 14.7 Å². The van der Waals surface area contributed by atoms with Crippen LogP contribution in [0.5, 0.6) is 0 Å². The molecule has 0 aliphatic heterocycles.